The van der Waals surface area contributed by atoms with Crippen LogP contribution in [0.4, 0.5) is 14.9 Å². The molecule has 2 amide bonds. The largest absolute Gasteiger partial charge is 0.322 e. The van der Waals surface area contributed by atoms with E-state index in [1.807, 2.05) is 0 Å². The van der Waals surface area contributed by atoms with Crippen molar-refractivity contribution < 1.29 is 17.6 Å². The number of urea groups is 1. The maximum Gasteiger partial charge on any atom is 0.322 e. The average molecular weight is 351 g/mol. The monoisotopic (exact) mass is 351 g/mol. The van der Waals surface area contributed by atoms with Gasteiger partial charge in [0, 0.05) is 12.7 Å². The lowest BCUT2D eigenvalue weighted by atomic mass is 10.1. The number of sulfonamides is 1. The third-order valence-electron chi connectivity index (χ3n) is 3.69. The Balaban J connectivity index is 2.09. The van der Waals surface area contributed by atoms with E-state index in [9.17, 15) is 17.6 Å². The van der Waals surface area contributed by atoms with Crippen molar-refractivity contribution in [1.29, 1.82) is 0 Å². The van der Waals surface area contributed by atoms with Gasteiger partial charge in [0.15, 0.2) is 0 Å². The van der Waals surface area contributed by atoms with Crippen molar-refractivity contribution in [2.75, 3.05) is 12.4 Å². The van der Waals surface area contributed by atoms with E-state index in [0.717, 1.165) is 5.56 Å². The summed E-state index contributed by atoms with van der Waals surface area (Å²) in [5.74, 6) is -0.385. The van der Waals surface area contributed by atoms with Crippen LogP contribution in [-0.4, -0.2) is 26.4 Å². The molecule has 0 saturated heterocycles. The number of benzene rings is 2. The van der Waals surface area contributed by atoms with Crippen molar-refractivity contribution in [2.24, 2.45) is 5.14 Å². The predicted octanol–water partition coefficient (Wildman–Crippen LogP) is 2.70. The molecule has 0 spiro atoms. The predicted molar refractivity (Wildman–Crippen MR) is 89.4 cm³/mol. The highest BCUT2D eigenvalue weighted by molar-refractivity contribution is 7.89. The Labute approximate surface area is 140 Å². The van der Waals surface area contributed by atoms with E-state index < -0.39 is 10.0 Å². The van der Waals surface area contributed by atoms with Crippen molar-refractivity contribution in [3.63, 3.8) is 0 Å². The number of amides is 2. The summed E-state index contributed by atoms with van der Waals surface area (Å²) in [6.07, 6.45) is 0. The lowest BCUT2D eigenvalue weighted by Gasteiger charge is -2.25. The molecule has 0 fully saturated rings. The Hall–Kier alpha value is -2.45. The minimum atomic E-state index is -3.75. The van der Waals surface area contributed by atoms with Gasteiger partial charge in [0.05, 0.1) is 10.9 Å². The van der Waals surface area contributed by atoms with Crippen LogP contribution in [0.25, 0.3) is 0 Å². The van der Waals surface area contributed by atoms with Gasteiger partial charge in [-0.15, -0.1) is 0 Å². The molecule has 2 aromatic carbocycles. The zero-order chi connectivity index (χ0) is 17.9. The third-order valence-corrected chi connectivity index (χ3v) is 4.62. The number of primary sulfonamides is 1. The molecule has 0 radical (unpaired) electrons. The standard InChI is InChI=1S/C16H18FN3O3S/c1-11(12-3-9-15(10-4-12)24(18,22)23)20(2)16(21)19-14-7-5-13(17)6-8-14/h3-11H,1-2H3,(H,19,21)(H2,18,22,23). The number of halogens is 1. The number of carbonyl (C=O) groups excluding carboxylic acids is 1. The fraction of sp³-hybridized carbons (Fsp3) is 0.188. The van der Waals surface area contributed by atoms with Crippen LogP contribution in [0.1, 0.15) is 18.5 Å². The molecule has 0 bridgehead atoms. The Kier molecular flexibility index (Phi) is 5.20. The van der Waals surface area contributed by atoms with Gasteiger partial charge in [-0.3, -0.25) is 0 Å². The van der Waals surface area contributed by atoms with Crippen molar-refractivity contribution >= 4 is 21.7 Å². The molecular weight excluding hydrogens is 333 g/mol. The molecule has 0 heterocycles. The van der Waals surface area contributed by atoms with Gasteiger partial charge in [0.2, 0.25) is 10.0 Å². The van der Waals surface area contributed by atoms with Crippen LogP contribution in [0.3, 0.4) is 0 Å². The van der Waals surface area contributed by atoms with Crippen molar-refractivity contribution in [2.45, 2.75) is 17.9 Å². The lowest BCUT2D eigenvalue weighted by molar-refractivity contribution is 0.208. The first-order valence-corrected chi connectivity index (χ1v) is 8.65. The summed E-state index contributed by atoms with van der Waals surface area (Å²) in [4.78, 5) is 13.7. The Bertz CT molecular complexity index is 821. The van der Waals surface area contributed by atoms with Crippen molar-refractivity contribution in [3.05, 3.63) is 59.9 Å². The number of rotatable bonds is 4. The summed E-state index contributed by atoms with van der Waals surface area (Å²) in [6.45, 7) is 1.80. The molecule has 8 heteroatoms. The molecule has 1 atom stereocenters. The highest BCUT2D eigenvalue weighted by Gasteiger charge is 2.18. The molecule has 6 nitrogen and oxygen atoms in total. The second-order valence-corrected chi connectivity index (χ2v) is 6.90. The normalized spacial score (nSPS) is 12.5. The molecule has 1 unspecified atom stereocenters. The Morgan fingerprint density at radius 2 is 1.67 bits per heavy atom. The Morgan fingerprint density at radius 1 is 1.12 bits per heavy atom. The highest BCUT2D eigenvalue weighted by Crippen LogP contribution is 2.21. The van der Waals surface area contributed by atoms with Crippen LogP contribution in [0.15, 0.2) is 53.4 Å². The SMILES string of the molecule is CC(c1ccc(S(N)(=O)=O)cc1)N(C)C(=O)Nc1ccc(F)cc1. The fourth-order valence-electron chi connectivity index (χ4n) is 2.08. The number of nitrogens with two attached hydrogens (primary N) is 1. The van der Waals surface area contributed by atoms with Gasteiger partial charge < -0.3 is 10.2 Å². The molecule has 0 saturated carbocycles. The first kappa shape index (κ1) is 17.9. The van der Waals surface area contributed by atoms with E-state index >= 15 is 0 Å². The molecular formula is C16H18FN3O3S. The number of anilines is 1. The van der Waals surface area contributed by atoms with Crippen molar-refractivity contribution in [1.82, 2.24) is 4.90 Å². The van der Waals surface area contributed by atoms with E-state index in [-0.39, 0.29) is 22.8 Å². The van der Waals surface area contributed by atoms with Gasteiger partial charge in [-0.25, -0.2) is 22.7 Å². The summed E-state index contributed by atoms with van der Waals surface area (Å²) in [6, 6.07) is 10.8. The van der Waals surface area contributed by atoms with E-state index in [1.165, 1.54) is 41.3 Å². The highest BCUT2D eigenvalue weighted by atomic mass is 32.2. The van der Waals surface area contributed by atoms with Crippen LogP contribution in [0.2, 0.25) is 0 Å². The summed E-state index contributed by atoms with van der Waals surface area (Å²) < 4.78 is 35.4. The second kappa shape index (κ2) is 6.98. The van der Waals surface area contributed by atoms with Gasteiger partial charge in [-0.2, -0.15) is 0 Å². The number of carbonyl (C=O) groups is 1. The number of nitrogens with one attached hydrogen (secondary N) is 1. The summed E-state index contributed by atoms with van der Waals surface area (Å²) in [5.41, 5.74) is 1.23. The maximum absolute atomic E-state index is 12.9. The van der Waals surface area contributed by atoms with Gasteiger partial charge in [0.1, 0.15) is 5.82 Å². The minimum Gasteiger partial charge on any atom is -0.321 e. The van der Waals surface area contributed by atoms with E-state index in [4.69, 9.17) is 5.14 Å². The second-order valence-electron chi connectivity index (χ2n) is 5.34. The zero-order valence-electron chi connectivity index (χ0n) is 13.2. The topological polar surface area (TPSA) is 92.5 Å². The molecule has 0 aliphatic rings. The van der Waals surface area contributed by atoms with E-state index in [0.29, 0.717) is 5.69 Å². The molecule has 2 rings (SSSR count). The smallest absolute Gasteiger partial charge is 0.321 e. The summed E-state index contributed by atoms with van der Waals surface area (Å²) >= 11 is 0. The van der Waals surface area contributed by atoms with E-state index in [2.05, 4.69) is 5.32 Å². The summed E-state index contributed by atoms with van der Waals surface area (Å²) in [7, 11) is -2.14. The van der Waals surface area contributed by atoms with Gasteiger partial charge in [-0.05, 0) is 48.9 Å². The van der Waals surface area contributed by atoms with Crippen LogP contribution in [0.5, 0.6) is 0 Å². The lowest BCUT2D eigenvalue weighted by Crippen LogP contribution is -2.33. The molecule has 2 aromatic rings. The zero-order valence-corrected chi connectivity index (χ0v) is 14.0. The molecule has 0 aromatic heterocycles. The van der Waals surface area contributed by atoms with Crippen LogP contribution < -0.4 is 10.5 Å². The van der Waals surface area contributed by atoms with Gasteiger partial charge in [-0.1, -0.05) is 12.1 Å². The van der Waals surface area contributed by atoms with E-state index in [1.54, 1.807) is 26.1 Å². The van der Waals surface area contributed by atoms with Crippen LogP contribution >= 0.6 is 0 Å². The number of hydrogen-bond acceptors (Lipinski definition) is 3. The molecule has 3 N–H and O–H groups in total. The molecule has 0 aliphatic heterocycles. The molecule has 0 aliphatic carbocycles. The number of hydrogen-bond donors (Lipinski definition) is 2. The van der Waals surface area contributed by atoms with Crippen LogP contribution in [0, 0.1) is 5.82 Å². The van der Waals surface area contributed by atoms with Crippen LogP contribution in [-0.2, 0) is 10.0 Å². The first-order valence-electron chi connectivity index (χ1n) is 7.10. The van der Waals surface area contributed by atoms with Crippen molar-refractivity contribution in [3.8, 4) is 0 Å². The third kappa shape index (κ3) is 4.30. The molecule has 24 heavy (non-hydrogen) atoms. The minimum absolute atomic E-state index is 0.0110. The average Bonchev–Trinajstić information content (AvgIpc) is 2.55. The number of nitrogens with zero attached hydrogens (tertiary/aromatic N) is 1. The maximum atomic E-state index is 12.9. The Morgan fingerprint density at radius 3 is 2.17 bits per heavy atom. The summed E-state index contributed by atoms with van der Waals surface area (Å²) in [5, 5.41) is 7.72. The first-order chi connectivity index (χ1) is 11.2. The quantitative estimate of drug-likeness (QED) is 0.887. The fourth-order valence-corrected chi connectivity index (χ4v) is 2.60. The van der Waals surface area contributed by atoms with Gasteiger partial charge >= 0.3 is 6.03 Å². The van der Waals surface area contributed by atoms with Gasteiger partial charge in [0.25, 0.3) is 0 Å². The molecule has 128 valence electrons.